The van der Waals surface area contributed by atoms with Crippen LogP contribution in [0.3, 0.4) is 0 Å². The number of anilines is 1. The molecule has 1 atom stereocenters. The van der Waals surface area contributed by atoms with E-state index in [4.69, 9.17) is 19.4 Å². The van der Waals surface area contributed by atoms with Crippen molar-refractivity contribution in [3.63, 3.8) is 0 Å². The fourth-order valence-corrected chi connectivity index (χ4v) is 4.94. The smallest absolute Gasteiger partial charge is 0.185 e. The van der Waals surface area contributed by atoms with Crippen LogP contribution in [-0.4, -0.2) is 62.0 Å². The van der Waals surface area contributed by atoms with E-state index in [-0.39, 0.29) is 6.04 Å². The first-order chi connectivity index (χ1) is 15.2. The van der Waals surface area contributed by atoms with Gasteiger partial charge in [-0.3, -0.25) is 0 Å². The SMILES string of the molecule is CCc1ccc2[nH]ccc2c1-c1nc2c(c(C(C)(C)S(C)(=O)=O)n1)OCC1COCCN21. The summed E-state index contributed by atoms with van der Waals surface area (Å²) >= 11 is 0. The predicted octanol–water partition coefficient (Wildman–Crippen LogP) is 3.06. The highest BCUT2D eigenvalue weighted by molar-refractivity contribution is 7.91. The molecule has 2 aliphatic heterocycles. The second-order valence-electron chi connectivity index (χ2n) is 8.96. The number of hydrogen-bond donors (Lipinski definition) is 1. The first-order valence-electron chi connectivity index (χ1n) is 10.9. The quantitative estimate of drug-likeness (QED) is 0.644. The second-order valence-corrected chi connectivity index (χ2v) is 11.5. The van der Waals surface area contributed by atoms with Gasteiger partial charge in [0.2, 0.25) is 0 Å². The van der Waals surface area contributed by atoms with Crippen molar-refractivity contribution in [2.24, 2.45) is 0 Å². The Bertz CT molecular complexity index is 1300. The standard InChI is InChI=1S/C23H28N4O4S/c1-5-14-6-7-17-16(8-9-24-17)18(14)21-25-20(23(2,3)32(4,28)29)19-22(26-21)27-10-11-30-12-15(27)13-31-19/h6-9,15,24H,5,10-13H2,1-4H3. The first kappa shape index (κ1) is 21.2. The molecule has 1 N–H and O–H groups in total. The highest BCUT2D eigenvalue weighted by Gasteiger charge is 2.42. The molecule has 32 heavy (non-hydrogen) atoms. The molecular weight excluding hydrogens is 428 g/mol. The summed E-state index contributed by atoms with van der Waals surface area (Å²) in [5.41, 5.74) is 3.42. The zero-order valence-electron chi connectivity index (χ0n) is 18.8. The van der Waals surface area contributed by atoms with Crippen molar-refractivity contribution < 1.29 is 17.9 Å². The third kappa shape index (κ3) is 3.17. The van der Waals surface area contributed by atoms with Gasteiger partial charge < -0.3 is 19.4 Å². The fraction of sp³-hybridized carbons (Fsp3) is 0.478. The number of aryl methyl sites for hydroxylation is 1. The molecule has 5 rings (SSSR count). The molecule has 1 unspecified atom stereocenters. The summed E-state index contributed by atoms with van der Waals surface area (Å²) in [6.45, 7) is 7.69. The molecule has 1 aromatic carbocycles. The van der Waals surface area contributed by atoms with Crippen molar-refractivity contribution in [1.29, 1.82) is 0 Å². The maximum atomic E-state index is 12.8. The maximum absolute atomic E-state index is 12.8. The predicted molar refractivity (Wildman–Crippen MR) is 124 cm³/mol. The molecule has 0 aliphatic carbocycles. The number of benzene rings is 1. The van der Waals surface area contributed by atoms with Crippen LogP contribution in [-0.2, 0) is 25.7 Å². The van der Waals surface area contributed by atoms with Crippen LogP contribution >= 0.6 is 0 Å². The van der Waals surface area contributed by atoms with Crippen LogP contribution in [0.2, 0.25) is 0 Å². The Morgan fingerprint density at radius 1 is 1.22 bits per heavy atom. The van der Waals surface area contributed by atoms with E-state index in [1.54, 1.807) is 13.8 Å². The van der Waals surface area contributed by atoms with Crippen molar-refractivity contribution >= 4 is 26.6 Å². The van der Waals surface area contributed by atoms with Gasteiger partial charge in [-0.1, -0.05) is 13.0 Å². The van der Waals surface area contributed by atoms with Crippen LogP contribution in [0.5, 0.6) is 5.75 Å². The van der Waals surface area contributed by atoms with Crippen LogP contribution in [0.1, 0.15) is 32.0 Å². The molecule has 3 aromatic rings. The van der Waals surface area contributed by atoms with Gasteiger partial charge in [-0.2, -0.15) is 0 Å². The summed E-state index contributed by atoms with van der Waals surface area (Å²) in [6, 6.07) is 6.19. The normalized spacial score (nSPS) is 18.9. The minimum absolute atomic E-state index is 0.0434. The lowest BCUT2D eigenvalue weighted by Crippen LogP contribution is -2.52. The van der Waals surface area contributed by atoms with Crippen molar-refractivity contribution in [3.05, 3.63) is 35.7 Å². The van der Waals surface area contributed by atoms with E-state index < -0.39 is 14.6 Å². The van der Waals surface area contributed by atoms with Gasteiger partial charge in [0.25, 0.3) is 0 Å². The highest BCUT2D eigenvalue weighted by Crippen LogP contribution is 2.44. The molecule has 4 heterocycles. The largest absolute Gasteiger partial charge is 0.486 e. The van der Waals surface area contributed by atoms with Crippen LogP contribution in [0, 0.1) is 0 Å². The van der Waals surface area contributed by atoms with E-state index >= 15 is 0 Å². The molecule has 9 heteroatoms. The molecule has 1 fully saturated rings. The van der Waals surface area contributed by atoms with Crippen LogP contribution in [0.15, 0.2) is 24.4 Å². The Kier molecular flexibility index (Phi) is 4.94. The Morgan fingerprint density at radius 2 is 2.03 bits per heavy atom. The zero-order valence-corrected chi connectivity index (χ0v) is 19.6. The van der Waals surface area contributed by atoms with Gasteiger partial charge in [0.1, 0.15) is 17.0 Å². The second kappa shape index (κ2) is 7.45. The van der Waals surface area contributed by atoms with E-state index in [1.165, 1.54) is 6.26 Å². The molecule has 2 aliphatic rings. The number of ether oxygens (including phenoxy) is 2. The average molecular weight is 457 g/mol. The number of H-pyrrole nitrogens is 1. The minimum atomic E-state index is -3.48. The lowest BCUT2D eigenvalue weighted by molar-refractivity contribution is 0.0691. The van der Waals surface area contributed by atoms with Gasteiger partial charge in [0.05, 0.1) is 19.3 Å². The molecule has 8 nitrogen and oxygen atoms in total. The van der Waals surface area contributed by atoms with Gasteiger partial charge in [-0.25, -0.2) is 18.4 Å². The van der Waals surface area contributed by atoms with Crippen LogP contribution in [0.25, 0.3) is 22.3 Å². The Labute approximate surface area is 187 Å². The molecule has 0 amide bonds. The van der Waals surface area contributed by atoms with Gasteiger partial charge in [-0.05, 0) is 38.0 Å². The number of nitrogens with zero attached hydrogens (tertiary/aromatic N) is 3. The minimum Gasteiger partial charge on any atom is -0.486 e. The summed E-state index contributed by atoms with van der Waals surface area (Å²) in [7, 11) is -3.48. The third-order valence-corrected chi connectivity index (χ3v) is 8.74. The topological polar surface area (TPSA) is 97.4 Å². The Morgan fingerprint density at radius 3 is 2.78 bits per heavy atom. The molecule has 1 saturated heterocycles. The number of fused-ring (bicyclic) bond motifs is 4. The lowest BCUT2D eigenvalue weighted by atomic mass is 9.99. The van der Waals surface area contributed by atoms with Crippen molar-refractivity contribution in [2.75, 3.05) is 37.5 Å². The number of sulfone groups is 1. The third-order valence-electron chi connectivity index (χ3n) is 6.69. The number of rotatable bonds is 4. The van der Waals surface area contributed by atoms with Gasteiger partial charge >= 0.3 is 0 Å². The fourth-order valence-electron chi connectivity index (χ4n) is 4.45. The molecule has 0 spiro atoms. The number of nitrogens with one attached hydrogen (secondary N) is 1. The van der Waals surface area contributed by atoms with Gasteiger partial charge in [-0.15, -0.1) is 0 Å². The lowest BCUT2D eigenvalue weighted by Gasteiger charge is -2.41. The van der Waals surface area contributed by atoms with E-state index in [9.17, 15) is 8.42 Å². The van der Waals surface area contributed by atoms with E-state index in [1.807, 2.05) is 12.3 Å². The van der Waals surface area contributed by atoms with Crippen LogP contribution in [0.4, 0.5) is 5.82 Å². The molecule has 0 bridgehead atoms. The average Bonchev–Trinajstić information content (AvgIpc) is 3.25. The Hall–Kier alpha value is -2.65. The molecule has 0 saturated carbocycles. The Balaban J connectivity index is 1.83. The molecule has 0 radical (unpaired) electrons. The zero-order chi connectivity index (χ0) is 22.7. The van der Waals surface area contributed by atoms with E-state index in [0.29, 0.717) is 49.5 Å². The number of aromatic nitrogens is 3. The van der Waals surface area contributed by atoms with Gasteiger partial charge in [0, 0.05) is 35.5 Å². The number of aromatic amines is 1. The summed E-state index contributed by atoms with van der Waals surface area (Å²) < 4.78 is 36.1. The molecular formula is C23H28N4O4S. The number of morpholine rings is 1. The summed E-state index contributed by atoms with van der Waals surface area (Å²) in [5.74, 6) is 1.63. The van der Waals surface area contributed by atoms with E-state index in [2.05, 4.69) is 28.9 Å². The van der Waals surface area contributed by atoms with Crippen molar-refractivity contribution in [2.45, 2.75) is 38.0 Å². The monoisotopic (exact) mass is 456 g/mol. The first-order valence-corrected chi connectivity index (χ1v) is 12.8. The molecule has 2 aromatic heterocycles. The van der Waals surface area contributed by atoms with Gasteiger partial charge in [0.15, 0.2) is 27.2 Å². The van der Waals surface area contributed by atoms with Crippen LogP contribution < -0.4 is 9.64 Å². The summed E-state index contributed by atoms with van der Waals surface area (Å²) in [4.78, 5) is 15.3. The van der Waals surface area contributed by atoms with Crippen molar-refractivity contribution in [3.8, 4) is 17.1 Å². The van der Waals surface area contributed by atoms with Crippen molar-refractivity contribution in [1.82, 2.24) is 15.0 Å². The highest BCUT2D eigenvalue weighted by atomic mass is 32.2. The van der Waals surface area contributed by atoms with E-state index in [0.717, 1.165) is 28.5 Å². The molecule has 170 valence electrons. The number of hydrogen-bond acceptors (Lipinski definition) is 7. The summed E-state index contributed by atoms with van der Waals surface area (Å²) in [6.07, 6.45) is 3.94. The maximum Gasteiger partial charge on any atom is 0.185 e. The summed E-state index contributed by atoms with van der Waals surface area (Å²) in [5, 5.41) is 1.02.